The highest BCUT2D eigenvalue weighted by Gasteiger charge is 2.25. The van der Waals surface area contributed by atoms with Gasteiger partial charge >= 0.3 is 0 Å². The van der Waals surface area contributed by atoms with Crippen LogP contribution in [-0.2, 0) is 11.3 Å². The molecule has 8 heteroatoms. The lowest BCUT2D eigenvalue weighted by atomic mass is 9.95. The summed E-state index contributed by atoms with van der Waals surface area (Å²) in [6.45, 7) is 2.51. The maximum absolute atomic E-state index is 12.4. The smallest absolute Gasteiger partial charge is 0.227 e. The van der Waals surface area contributed by atoms with Crippen molar-refractivity contribution in [2.45, 2.75) is 19.4 Å². The van der Waals surface area contributed by atoms with Crippen LogP contribution >= 0.6 is 22.9 Å². The summed E-state index contributed by atoms with van der Waals surface area (Å²) < 4.78 is 0. The number of halogens is 1. The third-order valence-electron chi connectivity index (χ3n) is 4.13. The molecule has 1 amide bonds. The number of piperidine rings is 1. The normalized spacial score (nSPS) is 16.2. The summed E-state index contributed by atoms with van der Waals surface area (Å²) in [4.78, 5) is 19.9. The topological polar surface area (TPSA) is 91.5 Å². The van der Waals surface area contributed by atoms with Gasteiger partial charge in [0.1, 0.15) is 5.75 Å². The molecule has 6 nitrogen and oxygen atoms in total. The first kappa shape index (κ1) is 17.0. The van der Waals surface area contributed by atoms with Crippen LogP contribution in [0.25, 0.3) is 0 Å². The van der Waals surface area contributed by atoms with Gasteiger partial charge in [-0.3, -0.25) is 9.69 Å². The average molecular weight is 367 g/mol. The number of carbonyl (C=O) groups is 1. The van der Waals surface area contributed by atoms with Crippen LogP contribution in [0.15, 0.2) is 24.4 Å². The molecule has 0 radical (unpaired) electrons. The van der Waals surface area contributed by atoms with Gasteiger partial charge < -0.3 is 16.2 Å². The van der Waals surface area contributed by atoms with Gasteiger partial charge in [0.05, 0.1) is 5.69 Å². The molecule has 1 saturated heterocycles. The lowest BCUT2D eigenvalue weighted by molar-refractivity contribution is -0.121. The van der Waals surface area contributed by atoms with E-state index < -0.39 is 0 Å². The number of aromatic nitrogens is 1. The number of nitrogens with two attached hydrogens (primary N) is 1. The maximum Gasteiger partial charge on any atom is 0.227 e. The minimum Gasteiger partial charge on any atom is -0.506 e. The molecule has 128 valence electrons. The molecule has 0 unspecified atom stereocenters. The zero-order valence-electron chi connectivity index (χ0n) is 13.0. The SMILES string of the molecule is Nc1ncc(CN2CCC(C(=O)Nc3cc(Cl)ccc3O)CC2)s1. The predicted molar refractivity (Wildman–Crippen MR) is 96.3 cm³/mol. The Bertz CT molecular complexity index is 729. The molecule has 1 aliphatic rings. The van der Waals surface area contributed by atoms with Gasteiger partial charge in [0.25, 0.3) is 0 Å². The monoisotopic (exact) mass is 366 g/mol. The van der Waals surface area contributed by atoms with Gasteiger partial charge in [0, 0.05) is 28.6 Å². The van der Waals surface area contributed by atoms with Crippen molar-refractivity contribution in [3.05, 3.63) is 34.3 Å². The molecule has 2 heterocycles. The number of likely N-dealkylation sites (tertiary alicyclic amines) is 1. The number of aromatic hydroxyl groups is 1. The summed E-state index contributed by atoms with van der Waals surface area (Å²) in [6, 6.07) is 4.61. The molecule has 1 aromatic carbocycles. The molecule has 1 fully saturated rings. The number of phenolic OH excluding ortho intramolecular Hbond substituents is 1. The van der Waals surface area contributed by atoms with Crippen LogP contribution in [0.1, 0.15) is 17.7 Å². The molecule has 1 aromatic heterocycles. The highest BCUT2D eigenvalue weighted by atomic mass is 35.5. The van der Waals surface area contributed by atoms with E-state index in [1.807, 2.05) is 0 Å². The molecular weight excluding hydrogens is 348 g/mol. The number of anilines is 2. The largest absolute Gasteiger partial charge is 0.506 e. The Kier molecular flexibility index (Phi) is 5.23. The summed E-state index contributed by atoms with van der Waals surface area (Å²) in [7, 11) is 0. The molecule has 0 atom stereocenters. The quantitative estimate of drug-likeness (QED) is 0.723. The molecule has 0 aliphatic carbocycles. The van der Waals surface area contributed by atoms with Crippen molar-refractivity contribution in [1.82, 2.24) is 9.88 Å². The first-order valence-corrected chi connectivity index (χ1v) is 8.92. The number of thiazole rings is 1. The molecule has 0 spiro atoms. The van der Waals surface area contributed by atoms with Crippen LogP contribution in [0, 0.1) is 5.92 Å². The Morgan fingerprint density at radius 2 is 2.21 bits per heavy atom. The fourth-order valence-electron chi connectivity index (χ4n) is 2.81. The number of hydrogen-bond donors (Lipinski definition) is 3. The Hall–Kier alpha value is -1.83. The Morgan fingerprint density at radius 1 is 1.46 bits per heavy atom. The van der Waals surface area contributed by atoms with E-state index in [2.05, 4.69) is 15.2 Å². The standard InChI is InChI=1S/C16H19ClN4O2S/c17-11-1-2-14(22)13(7-11)20-15(23)10-3-5-21(6-4-10)9-12-8-19-16(18)24-12/h1-2,7-8,10,22H,3-6,9H2,(H2,18,19)(H,20,23). The molecule has 2 aromatic rings. The van der Waals surface area contributed by atoms with Gasteiger partial charge in [-0.15, -0.1) is 11.3 Å². The van der Waals surface area contributed by atoms with Gasteiger partial charge in [-0.05, 0) is 44.1 Å². The van der Waals surface area contributed by atoms with Crippen molar-refractivity contribution in [2.75, 3.05) is 24.1 Å². The van der Waals surface area contributed by atoms with Crippen LogP contribution < -0.4 is 11.1 Å². The fourth-order valence-corrected chi connectivity index (χ4v) is 3.71. The number of nitrogens with one attached hydrogen (secondary N) is 1. The minimum atomic E-state index is -0.0748. The molecular formula is C16H19ClN4O2S. The number of phenols is 1. The highest BCUT2D eigenvalue weighted by molar-refractivity contribution is 7.15. The Balaban J connectivity index is 1.52. The Labute approximate surface area is 149 Å². The van der Waals surface area contributed by atoms with E-state index in [0.29, 0.717) is 15.8 Å². The van der Waals surface area contributed by atoms with E-state index >= 15 is 0 Å². The van der Waals surface area contributed by atoms with Gasteiger partial charge in [-0.1, -0.05) is 11.6 Å². The molecule has 0 saturated carbocycles. The Morgan fingerprint density at radius 3 is 2.88 bits per heavy atom. The fraction of sp³-hybridized carbons (Fsp3) is 0.375. The summed E-state index contributed by atoms with van der Waals surface area (Å²) in [5, 5.41) is 13.6. The van der Waals surface area contributed by atoms with Crippen LogP contribution in [-0.4, -0.2) is 34.0 Å². The number of nitrogen functional groups attached to an aromatic ring is 1. The number of hydrogen-bond acceptors (Lipinski definition) is 6. The van der Waals surface area contributed by atoms with Gasteiger partial charge in [0.2, 0.25) is 5.91 Å². The number of benzene rings is 1. The van der Waals surface area contributed by atoms with Crippen molar-refractivity contribution in [3.63, 3.8) is 0 Å². The van der Waals surface area contributed by atoms with E-state index in [0.717, 1.165) is 37.4 Å². The summed E-state index contributed by atoms with van der Waals surface area (Å²) in [6.07, 6.45) is 3.36. The number of amides is 1. The second-order valence-electron chi connectivity index (χ2n) is 5.87. The third-order valence-corrected chi connectivity index (χ3v) is 5.17. The van der Waals surface area contributed by atoms with Crippen molar-refractivity contribution in [1.29, 1.82) is 0 Å². The second kappa shape index (κ2) is 7.38. The molecule has 24 heavy (non-hydrogen) atoms. The van der Waals surface area contributed by atoms with Gasteiger partial charge in [0.15, 0.2) is 5.13 Å². The third kappa shape index (κ3) is 4.17. The number of rotatable bonds is 4. The zero-order chi connectivity index (χ0) is 17.1. The minimum absolute atomic E-state index is 0.0213. The number of carbonyl (C=O) groups excluding carboxylic acids is 1. The van der Waals surface area contributed by atoms with Crippen LogP contribution in [0.5, 0.6) is 5.75 Å². The van der Waals surface area contributed by atoms with E-state index in [1.54, 1.807) is 18.3 Å². The molecule has 4 N–H and O–H groups in total. The first-order valence-electron chi connectivity index (χ1n) is 7.73. The van der Waals surface area contributed by atoms with E-state index in [-0.39, 0.29) is 17.6 Å². The van der Waals surface area contributed by atoms with E-state index in [4.69, 9.17) is 17.3 Å². The highest BCUT2D eigenvalue weighted by Crippen LogP contribution is 2.28. The first-order chi connectivity index (χ1) is 11.5. The second-order valence-corrected chi connectivity index (χ2v) is 7.45. The molecule has 1 aliphatic heterocycles. The lowest BCUT2D eigenvalue weighted by Gasteiger charge is -2.30. The van der Waals surface area contributed by atoms with E-state index in [9.17, 15) is 9.90 Å². The molecule has 0 bridgehead atoms. The molecule has 3 rings (SSSR count). The average Bonchev–Trinajstić information content (AvgIpc) is 2.96. The van der Waals surface area contributed by atoms with Crippen LogP contribution in [0.3, 0.4) is 0 Å². The van der Waals surface area contributed by atoms with Crippen molar-refractivity contribution in [2.24, 2.45) is 5.92 Å². The van der Waals surface area contributed by atoms with Crippen molar-refractivity contribution in [3.8, 4) is 5.75 Å². The summed E-state index contributed by atoms with van der Waals surface area (Å²) in [5.74, 6) is -0.117. The van der Waals surface area contributed by atoms with Crippen LogP contribution in [0.2, 0.25) is 5.02 Å². The van der Waals surface area contributed by atoms with Gasteiger partial charge in [-0.2, -0.15) is 0 Å². The lowest BCUT2D eigenvalue weighted by Crippen LogP contribution is -2.37. The van der Waals surface area contributed by atoms with Gasteiger partial charge in [-0.25, -0.2) is 4.98 Å². The van der Waals surface area contributed by atoms with Crippen molar-refractivity contribution < 1.29 is 9.90 Å². The predicted octanol–water partition coefficient (Wildman–Crippen LogP) is 2.94. The summed E-state index contributed by atoms with van der Waals surface area (Å²) >= 11 is 7.40. The summed E-state index contributed by atoms with van der Waals surface area (Å²) in [5.41, 5.74) is 6.00. The maximum atomic E-state index is 12.4. The zero-order valence-corrected chi connectivity index (χ0v) is 14.6. The number of nitrogens with zero attached hydrogens (tertiary/aromatic N) is 2. The van der Waals surface area contributed by atoms with Crippen molar-refractivity contribution >= 4 is 39.7 Å². The van der Waals surface area contributed by atoms with E-state index in [1.165, 1.54) is 17.4 Å². The van der Waals surface area contributed by atoms with Crippen LogP contribution in [0.4, 0.5) is 10.8 Å².